The normalized spacial score (nSPS) is 15.3. The minimum absolute atomic E-state index is 0.416. The Morgan fingerprint density at radius 1 is 1.33 bits per heavy atom. The van der Waals surface area contributed by atoms with Crippen molar-refractivity contribution in [2.75, 3.05) is 25.0 Å². The van der Waals surface area contributed by atoms with Crippen LogP contribution < -0.4 is 10.2 Å². The van der Waals surface area contributed by atoms with Crippen molar-refractivity contribution < 1.29 is 0 Å². The van der Waals surface area contributed by atoms with Gasteiger partial charge in [0, 0.05) is 50.2 Å². The van der Waals surface area contributed by atoms with Crippen molar-refractivity contribution in [2.24, 2.45) is 7.05 Å². The molecule has 4 nitrogen and oxygen atoms in total. The van der Waals surface area contributed by atoms with Crippen LogP contribution in [0.15, 0.2) is 30.5 Å². The molecule has 1 aromatic carbocycles. The molecule has 1 unspecified atom stereocenters. The molecule has 0 saturated carbocycles. The van der Waals surface area contributed by atoms with Gasteiger partial charge in [-0.25, -0.2) is 0 Å². The summed E-state index contributed by atoms with van der Waals surface area (Å²) in [5.74, 6) is 0. The molecule has 0 bridgehead atoms. The highest BCUT2D eigenvalue weighted by atomic mass is 15.3. The van der Waals surface area contributed by atoms with E-state index < -0.39 is 0 Å². The van der Waals surface area contributed by atoms with E-state index in [1.165, 1.54) is 22.5 Å². The maximum Gasteiger partial charge on any atom is 0.0492 e. The molecular formula is C17H24N4. The molecule has 0 saturated heterocycles. The van der Waals surface area contributed by atoms with Crippen molar-refractivity contribution in [1.82, 2.24) is 15.1 Å². The van der Waals surface area contributed by atoms with Crippen LogP contribution in [0.1, 0.15) is 29.8 Å². The fourth-order valence-corrected chi connectivity index (χ4v) is 3.05. The van der Waals surface area contributed by atoms with Gasteiger partial charge in [-0.1, -0.05) is 12.1 Å². The Labute approximate surface area is 126 Å². The second kappa shape index (κ2) is 5.90. The van der Waals surface area contributed by atoms with Gasteiger partial charge >= 0.3 is 0 Å². The second-order valence-corrected chi connectivity index (χ2v) is 5.83. The third-order valence-electron chi connectivity index (χ3n) is 4.59. The number of nitrogens with zero attached hydrogens (tertiary/aromatic N) is 3. The summed E-state index contributed by atoms with van der Waals surface area (Å²) in [4.78, 5) is 2.50. The summed E-state index contributed by atoms with van der Waals surface area (Å²) < 4.78 is 1.97. The lowest BCUT2D eigenvalue weighted by Crippen LogP contribution is -2.24. The summed E-state index contributed by atoms with van der Waals surface area (Å²) in [6.07, 6.45) is 4.08. The lowest BCUT2D eigenvalue weighted by atomic mass is 10.0. The van der Waals surface area contributed by atoms with Crippen LogP contribution in [-0.4, -0.2) is 29.9 Å². The lowest BCUT2D eigenvalue weighted by molar-refractivity contribution is 0.652. The summed E-state index contributed by atoms with van der Waals surface area (Å²) in [6, 6.07) is 9.42. The molecule has 1 atom stereocenters. The summed E-state index contributed by atoms with van der Waals surface area (Å²) >= 11 is 0. The van der Waals surface area contributed by atoms with Crippen LogP contribution >= 0.6 is 0 Å². The first kappa shape index (κ1) is 14.1. The summed E-state index contributed by atoms with van der Waals surface area (Å²) in [5, 5.41) is 7.55. The molecule has 2 heterocycles. The van der Waals surface area contributed by atoms with Crippen molar-refractivity contribution >= 4 is 5.69 Å². The van der Waals surface area contributed by atoms with Crippen molar-refractivity contribution in [3.8, 4) is 0 Å². The molecule has 0 spiro atoms. The number of aromatic nitrogens is 2. The number of hydrogen-bond acceptors (Lipinski definition) is 3. The number of aryl methyl sites for hydroxylation is 1. The van der Waals surface area contributed by atoms with Gasteiger partial charge in [-0.3, -0.25) is 4.68 Å². The molecule has 4 heteroatoms. The van der Waals surface area contributed by atoms with E-state index in [4.69, 9.17) is 0 Å². The predicted molar refractivity (Wildman–Crippen MR) is 86.7 cm³/mol. The Kier molecular flexibility index (Phi) is 3.97. The van der Waals surface area contributed by atoms with E-state index in [1.807, 2.05) is 25.0 Å². The van der Waals surface area contributed by atoms with Crippen molar-refractivity contribution in [3.63, 3.8) is 0 Å². The molecule has 0 aliphatic carbocycles. The standard InChI is InChI=1S/C17H24N4/c1-13(18-2)14-4-5-17-15(12-14)7-10-21(17)11-8-16-6-9-19-20(16)3/h4-6,9,12-13,18H,7-8,10-11H2,1-3H3. The zero-order valence-corrected chi connectivity index (χ0v) is 13.1. The number of hydrogen-bond donors (Lipinski definition) is 1. The summed E-state index contributed by atoms with van der Waals surface area (Å²) in [7, 11) is 4.02. The van der Waals surface area contributed by atoms with Gasteiger partial charge in [0.05, 0.1) is 0 Å². The Balaban J connectivity index is 1.70. The Morgan fingerprint density at radius 3 is 2.90 bits per heavy atom. The van der Waals surface area contributed by atoms with Crippen LogP contribution in [0.2, 0.25) is 0 Å². The third-order valence-corrected chi connectivity index (χ3v) is 4.59. The van der Waals surface area contributed by atoms with Gasteiger partial charge < -0.3 is 10.2 Å². The van der Waals surface area contributed by atoms with E-state index in [0.717, 1.165) is 25.9 Å². The quantitative estimate of drug-likeness (QED) is 0.914. The average Bonchev–Trinajstić information content (AvgIpc) is 3.09. The Morgan fingerprint density at radius 2 is 2.19 bits per heavy atom. The number of fused-ring (bicyclic) bond motifs is 1. The Bertz CT molecular complexity index is 617. The zero-order valence-electron chi connectivity index (χ0n) is 13.1. The average molecular weight is 284 g/mol. The molecule has 0 radical (unpaired) electrons. The number of rotatable bonds is 5. The fraction of sp³-hybridized carbons (Fsp3) is 0.471. The summed E-state index contributed by atoms with van der Waals surface area (Å²) in [6.45, 7) is 4.40. The predicted octanol–water partition coefficient (Wildman–Crippen LogP) is 2.31. The third kappa shape index (κ3) is 2.81. The number of anilines is 1. The van der Waals surface area contributed by atoms with Crippen LogP contribution in [0.25, 0.3) is 0 Å². The van der Waals surface area contributed by atoms with Gasteiger partial charge in [0.1, 0.15) is 0 Å². The van der Waals surface area contributed by atoms with E-state index in [0.29, 0.717) is 6.04 Å². The molecule has 2 aromatic rings. The molecule has 1 N–H and O–H groups in total. The minimum Gasteiger partial charge on any atom is -0.371 e. The van der Waals surface area contributed by atoms with Gasteiger partial charge in [0.15, 0.2) is 0 Å². The van der Waals surface area contributed by atoms with E-state index in [9.17, 15) is 0 Å². The molecule has 1 aliphatic rings. The zero-order chi connectivity index (χ0) is 14.8. The number of nitrogens with one attached hydrogen (secondary N) is 1. The van der Waals surface area contributed by atoms with E-state index >= 15 is 0 Å². The molecule has 1 aromatic heterocycles. The molecule has 1 aliphatic heterocycles. The number of benzene rings is 1. The van der Waals surface area contributed by atoms with Crippen LogP contribution in [0, 0.1) is 0 Å². The van der Waals surface area contributed by atoms with Crippen LogP contribution in [0.3, 0.4) is 0 Å². The van der Waals surface area contributed by atoms with E-state index in [2.05, 4.69) is 46.5 Å². The van der Waals surface area contributed by atoms with Crippen LogP contribution in [-0.2, 0) is 19.9 Å². The molecule has 112 valence electrons. The first-order valence-corrected chi connectivity index (χ1v) is 7.71. The van der Waals surface area contributed by atoms with Crippen LogP contribution in [0.4, 0.5) is 5.69 Å². The minimum atomic E-state index is 0.416. The monoisotopic (exact) mass is 284 g/mol. The molecule has 0 amide bonds. The second-order valence-electron chi connectivity index (χ2n) is 5.83. The molecular weight excluding hydrogens is 260 g/mol. The van der Waals surface area contributed by atoms with Crippen molar-refractivity contribution in [1.29, 1.82) is 0 Å². The Hall–Kier alpha value is -1.81. The van der Waals surface area contributed by atoms with Gasteiger partial charge in [-0.15, -0.1) is 0 Å². The SMILES string of the molecule is CNC(C)c1ccc2c(c1)CCN2CCc1ccnn1C. The highest BCUT2D eigenvalue weighted by Gasteiger charge is 2.20. The molecule has 3 rings (SSSR count). The van der Waals surface area contributed by atoms with Crippen molar-refractivity contribution in [3.05, 3.63) is 47.3 Å². The topological polar surface area (TPSA) is 33.1 Å². The van der Waals surface area contributed by atoms with E-state index in [1.54, 1.807) is 0 Å². The van der Waals surface area contributed by atoms with E-state index in [-0.39, 0.29) is 0 Å². The lowest BCUT2D eigenvalue weighted by Gasteiger charge is -2.20. The first-order chi connectivity index (χ1) is 10.2. The van der Waals surface area contributed by atoms with Crippen molar-refractivity contribution in [2.45, 2.75) is 25.8 Å². The molecule has 0 fully saturated rings. The highest BCUT2D eigenvalue weighted by molar-refractivity contribution is 5.59. The van der Waals surface area contributed by atoms with Gasteiger partial charge in [0.2, 0.25) is 0 Å². The largest absolute Gasteiger partial charge is 0.371 e. The van der Waals surface area contributed by atoms with Gasteiger partial charge in [-0.05, 0) is 43.7 Å². The first-order valence-electron chi connectivity index (χ1n) is 7.71. The highest BCUT2D eigenvalue weighted by Crippen LogP contribution is 2.30. The smallest absolute Gasteiger partial charge is 0.0492 e. The maximum absolute atomic E-state index is 4.24. The fourth-order valence-electron chi connectivity index (χ4n) is 3.05. The van der Waals surface area contributed by atoms with Gasteiger partial charge in [0.25, 0.3) is 0 Å². The maximum atomic E-state index is 4.24. The summed E-state index contributed by atoms with van der Waals surface area (Å²) in [5.41, 5.74) is 5.57. The molecule has 21 heavy (non-hydrogen) atoms. The van der Waals surface area contributed by atoms with Gasteiger partial charge in [-0.2, -0.15) is 5.10 Å². The van der Waals surface area contributed by atoms with Crippen LogP contribution in [0.5, 0.6) is 0 Å².